The van der Waals surface area contributed by atoms with E-state index in [9.17, 15) is 4.79 Å². The van der Waals surface area contributed by atoms with Gasteiger partial charge in [-0.3, -0.25) is 4.79 Å². The maximum absolute atomic E-state index is 12.7. The lowest BCUT2D eigenvalue weighted by atomic mass is 10.1. The van der Waals surface area contributed by atoms with Gasteiger partial charge in [0.2, 0.25) is 0 Å². The third-order valence-corrected chi connectivity index (χ3v) is 7.91. The normalized spacial score (nSPS) is 11.0. The average Bonchev–Trinajstić information content (AvgIpc) is 3.46. The van der Waals surface area contributed by atoms with Gasteiger partial charge in [0.15, 0.2) is 16.6 Å². The molecule has 1 heterocycles. The van der Waals surface area contributed by atoms with E-state index >= 15 is 0 Å². The molecule has 4 aromatic carbocycles. The first-order chi connectivity index (χ1) is 20.4. The molecule has 212 valence electrons. The van der Waals surface area contributed by atoms with Gasteiger partial charge in [-0.15, -0.1) is 11.3 Å². The number of thiazole rings is 1. The quantitative estimate of drug-likeness (QED) is 0.0880. The zero-order valence-electron chi connectivity index (χ0n) is 23.4. The summed E-state index contributed by atoms with van der Waals surface area (Å²) in [6, 6.07) is 27.4. The van der Waals surface area contributed by atoms with Crippen LogP contribution in [0, 0.1) is 17.4 Å². The predicted octanol–water partition coefficient (Wildman–Crippen LogP) is 8.13. The van der Waals surface area contributed by atoms with Crippen LogP contribution in [0.3, 0.4) is 0 Å². The Morgan fingerprint density at radius 2 is 1.79 bits per heavy atom. The van der Waals surface area contributed by atoms with Crippen molar-refractivity contribution in [2.45, 2.75) is 20.5 Å². The van der Waals surface area contributed by atoms with Crippen LogP contribution in [0.1, 0.15) is 32.6 Å². The lowest BCUT2D eigenvalue weighted by Crippen LogP contribution is -2.17. The second-order valence-electron chi connectivity index (χ2n) is 9.62. The highest BCUT2D eigenvalue weighted by atomic mass is 127. The molecular weight excluding hydrogens is 659 g/mol. The maximum atomic E-state index is 12.7. The number of hydrogen-bond acceptors (Lipinski definition) is 7. The van der Waals surface area contributed by atoms with Crippen molar-refractivity contribution in [3.8, 4) is 22.8 Å². The van der Waals surface area contributed by atoms with Crippen LogP contribution in [0.5, 0.6) is 11.5 Å². The Hall–Kier alpha value is -4.22. The number of halogens is 1. The number of carbonyl (C=O) groups excluding carboxylic acids is 1. The Labute approximate surface area is 262 Å². The molecule has 5 rings (SSSR count). The number of nitrogens with zero attached hydrogens (tertiary/aromatic N) is 2. The second kappa shape index (κ2) is 13.6. The summed E-state index contributed by atoms with van der Waals surface area (Å²) in [7, 11) is 1.60. The van der Waals surface area contributed by atoms with Gasteiger partial charge in [-0.2, -0.15) is 5.10 Å². The molecule has 9 heteroatoms. The van der Waals surface area contributed by atoms with E-state index in [1.54, 1.807) is 25.5 Å². The fraction of sp³-hybridized carbons (Fsp3) is 0.121. The molecule has 0 aliphatic heterocycles. The van der Waals surface area contributed by atoms with Gasteiger partial charge in [-0.25, -0.2) is 10.4 Å². The van der Waals surface area contributed by atoms with Crippen LogP contribution in [0.2, 0.25) is 0 Å². The molecule has 1 aromatic heterocycles. The summed E-state index contributed by atoms with van der Waals surface area (Å²) in [5.74, 6) is 0.953. The van der Waals surface area contributed by atoms with Gasteiger partial charge >= 0.3 is 0 Å². The third-order valence-electron chi connectivity index (χ3n) is 6.35. The van der Waals surface area contributed by atoms with E-state index < -0.39 is 0 Å². The molecule has 0 aliphatic carbocycles. The number of aromatic nitrogens is 1. The number of carbonyl (C=O) groups is 1. The van der Waals surface area contributed by atoms with Gasteiger partial charge in [0.1, 0.15) is 6.61 Å². The molecule has 0 bridgehead atoms. The molecule has 0 atom stereocenters. The minimum Gasteiger partial charge on any atom is -0.493 e. The number of hydrazone groups is 1. The van der Waals surface area contributed by atoms with Crippen LogP contribution in [0.25, 0.3) is 11.3 Å². The molecule has 2 N–H and O–H groups in total. The van der Waals surface area contributed by atoms with Gasteiger partial charge in [-0.05, 0) is 84.0 Å². The summed E-state index contributed by atoms with van der Waals surface area (Å²) in [5.41, 5.74) is 10.1. The van der Waals surface area contributed by atoms with Gasteiger partial charge < -0.3 is 14.8 Å². The van der Waals surface area contributed by atoms with Crippen molar-refractivity contribution in [3.05, 3.63) is 122 Å². The number of hydrogen-bond donors (Lipinski definition) is 2. The maximum Gasteiger partial charge on any atom is 0.271 e. The Kier molecular flexibility index (Phi) is 9.50. The van der Waals surface area contributed by atoms with Crippen LogP contribution < -0.4 is 20.2 Å². The van der Waals surface area contributed by atoms with Crippen LogP contribution in [-0.4, -0.2) is 24.2 Å². The molecule has 0 fully saturated rings. The summed E-state index contributed by atoms with van der Waals surface area (Å²) in [6.07, 6.45) is 1.58. The van der Waals surface area contributed by atoms with Gasteiger partial charge in [-0.1, -0.05) is 59.7 Å². The number of anilines is 2. The molecule has 7 nitrogen and oxygen atoms in total. The van der Waals surface area contributed by atoms with Gasteiger partial charge in [0.25, 0.3) is 5.91 Å². The highest BCUT2D eigenvalue weighted by molar-refractivity contribution is 14.1. The van der Waals surface area contributed by atoms with Gasteiger partial charge in [0, 0.05) is 22.2 Å². The number of ether oxygens (including phenoxy) is 2. The van der Waals surface area contributed by atoms with Crippen molar-refractivity contribution < 1.29 is 14.3 Å². The summed E-state index contributed by atoms with van der Waals surface area (Å²) in [5, 5.41) is 10.3. The lowest BCUT2D eigenvalue weighted by molar-refractivity contribution is 0.0955. The number of benzene rings is 4. The highest BCUT2D eigenvalue weighted by Gasteiger charge is 2.12. The highest BCUT2D eigenvalue weighted by Crippen LogP contribution is 2.34. The lowest BCUT2D eigenvalue weighted by Gasteiger charge is -2.14. The fourth-order valence-electron chi connectivity index (χ4n) is 4.16. The van der Waals surface area contributed by atoms with E-state index in [1.165, 1.54) is 22.5 Å². The Morgan fingerprint density at radius 1 is 1.00 bits per heavy atom. The van der Waals surface area contributed by atoms with Crippen molar-refractivity contribution >= 4 is 56.9 Å². The monoisotopic (exact) mass is 688 g/mol. The number of amides is 1. The summed E-state index contributed by atoms with van der Waals surface area (Å²) >= 11 is 3.74. The predicted molar refractivity (Wildman–Crippen MR) is 178 cm³/mol. The Balaban J connectivity index is 1.18. The van der Waals surface area contributed by atoms with E-state index in [-0.39, 0.29) is 5.91 Å². The van der Waals surface area contributed by atoms with Crippen molar-refractivity contribution in [3.63, 3.8) is 0 Å². The molecular formula is C33H29IN4O3S. The van der Waals surface area contributed by atoms with Gasteiger partial charge in [0.05, 0.1) is 22.6 Å². The first-order valence-electron chi connectivity index (χ1n) is 13.2. The molecule has 0 spiro atoms. The third kappa shape index (κ3) is 7.54. The minimum atomic E-state index is -0.308. The standard InChI is InChI=1S/C33H29IN4O3S/c1-21-7-13-27(14-8-21)36-33-37-29(20-42-33)25-9-11-26(12-10-25)32(39)38-35-18-24-16-28(34)31(30(17-24)40-3)41-19-23-6-4-5-22(2)15-23/h4-18,20H,19H2,1-3H3,(H,36,37)(H,38,39)/b35-18-. The number of aryl methyl sites for hydroxylation is 2. The van der Waals surface area contributed by atoms with E-state index in [0.29, 0.717) is 23.7 Å². The van der Waals surface area contributed by atoms with Crippen LogP contribution in [-0.2, 0) is 6.61 Å². The van der Waals surface area contributed by atoms with Crippen LogP contribution in [0.15, 0.2) is 95.4 Å². The molecule has 0 saturated carbocycles. The second-order valence-corrected chi connectivity index (χ2v) is 11.6. The van der Waals surface area contributed by atoms with Crippen molar-refractivity contribution in [1.82, 2.24) is 10.4 Å². The first kappa shape index (κ1) is 29.3. The van der Waals surface area contributed by atoms with Crippen molar-refractivity contribution in [1.29, 1.82) is 0 Å². The first-order valence-corrected chi connectivity index (χ1v) is 15.1. The van der Waals surface area contributed by atoms with Crippen LogP contribution in [0.4, 0.5) is 10.8 Å². The summed E-state index contributed by atoms with van der Waals surface area (Å²) < 4.78 is 12.5. The molecule has 0 radical (unpaired) electrons. The average molecular weight is 689 g/mol. The number of nitrogens with one attached hydrogen (secondary N) is 2. The summed E-state index contributed by atoms with van der Waals surface area (Å²) in [6.45, 7) is 4.55. The molecule has 0 saturated heterocycles. The van der Waals surface area contributed by atoms with Crippen molar-refractivity contribution in [2.75, 3.05) is 12.4 Å². The largest absolute Gasteiger partial charge is 0.493 e. The van der Waals surface area contributed by atoms with E-state index in [1.807, 2.05) is 53.9 Å². The molecule has 0 unspecified atom stereocenters. The fourth-order valence-corrected chi connectivity index (χ4v) is 5.68. The molecule has 1 amide bonds. The zero-order valence-corrected chi connectivity index (χ0v) is 26.3. The van der Waals surface area contributed by atoms with Crippen molar-refractivity contribution in [2.24, 2.45) is 5.10 Å². The Bertz CT molecular complexity index is 1720. The number of methoxy groups -OCH3 is 1. The van der Waals surface area contributed by atoms with Crippen LogP contribution >= 0.6 is 33.9 Å². The minimum absolute atomic E-state index is 0.308. The number of rotatable bonds is 10. The molecule has 5 aromatic rings. The van der Waals surface area contributed by atoms with E-state index in [0.717, 1.165) is 36.8 Å². The van der Waals surface area contributed by atoms with E-state index in [4.69, 9.17) is 9.47 Å². The topological polar surface area (TPSA) is 84.8 Å². The zero-order chi connectivity index (χ0) is 29.5. The van der Waals surface area contributed by atoms with E-state index in [2.05, 4.69) is 81.5 Å². The molecule has 0 aliphatic rings. The SMILES string of the molecule is COc1cc(/C=N\NC(=O)c2ccc(-c3csc(Nc4ccc(C)cc4)n3)cc2)cc(I)c1OCc1cccc(C)c1. The molecule has 42 heavy (non-hydrogen) atoms. The smallest absolute Gasteiger partial charge is 0.271 e. The Morgan fingerprint density at radius 3 is 2.52 bits per heavy atom. The summed E-state index contributed by atoms with van der Waals surface area (Å²) in [4.78, 5) is 17.4.